The van der Waals surface area contributed by atoms with Gasteiger partial charge in [-0.25, -0.2) is 4.79 Å². The fourth-order valence-electron chi connectivity index (χ4n) is 3.66. The molecule has 1 aromatic rings. The van der Waals surface area contributed by atoms with Gasteiger partial charge in [0.25, 0.3) is 0 Å². The molecule has 208 valence electrons. The predicted molar refractivity (Wildman–Crippen MR) is 140 cm³/mol. The molecule has 10 nitrogen and oxygen atoms in total. The van der Waals surface area contributed by atoms with Crippen LogP contribution in [-0.4, -0.2) is 65.2 Å². The van der Waals surface area contributed by atoms with Crippen LogP contribution in [0.2, 0.25) is 0 Å². The average Bonchev–Trinajstić information content (AvgIpc) is 2.78. The lowest BCUT2D eigenvalue weighted by Crippen LogP contribution is -2.51. The summed E-state index contributed by atoms with van der Waals surface area (Å²) in [5.74, 6) is -1.14. The molecule has 3 N–H and O–H groups in total. The lowest BCUT2D eigenvalue weighted by molar-refractivity contribution is -0.144. The van der Waals surface area contributed by atoms with E-state index in [1.54, 1.807) is 39.8 Å². The topological polar surface area (TPSA) is 134 Å². The van der Waals surface area contributed by atoms with E-state index in [0.29, 0.717) is 17.9 Å². The SMILES string of the molecule is CCOC(=O)CCNC(=O)C(c1cccc(O)c1)N(C(=O)CNC(=O)OC(C)(C)C)C(C)CCC(C)C. The van der Waals surface area contributed by atoms with E-state index in [2.05, 4.69) is 24.5 Å². The monoisotopic (exact) mass is 521 g/mol. The number of amides is 3. The third-order valence-electron chi connectivity index (χ3n) is 5.35. The van der Waals surface area contributed by atoms with Crippen LogP contribution < -0.4 is 10.6 Å². The molecule has 1 rings (SSSR count). The molecule has 37 heavy (non-hydrogen) atoms. The van der Waals surface area contributed by atoms with Gasteiger partial charge >= 0.3 is 12.1 Å². The molecule has 1 aromatic carbocycles. The first-order valence-corrected chi connectivity index (χ1v) is 12.7. The number of hydrogen-bond acceptors (Lipinski definition) is 7. The van der Waals surface area contributed by atoms with E-state index < -0.39 is 35.5 Å². The summed E-state index contributed by atoms with van der Waals surface area (Å²) in [6.45, 7) is 12.7. The number of carbonyl (C=O) groups excluding carboxylic acids is 4. The number of phenols is 1. The molecule has 2 unspecified atom stereocenters. The van der Waals surface area contributed by atoms with E-state index in [0.717, 1.165) is 6.42 Å². The average molecular weight is 522 g/mol. The summed E-state index contributed by atoms with van der Waals surface area (Å²) in [7, 11) is 0. The van der Waals surface area contributed by atoms with E-state index in [-0.39, 0.29) is 37.9 Å². The van der Waals surface area contributed by atoms with Crippen LogP contribution in [0.5, 0.6) is 5.75 Å². The van der Waals surface area contributed by atoms with Crippen LogP contribution in [0.3, 0.4) is 0 Å². The molecule has 0 aromatic heterocycles. The van der Waals surface area contributed by atoms with Gasteiger partial charge in [-0.05, 0) is 71.1 Å². The number of esters is 1. The molecular weight excluding hydrogens is 478 g/mol. The molecular formula is C27H43N3O7. The Morgan fingerprint density at radius 3 is 2.30 bits per heavy atom. The molecule has 0 aliphatic heterocycles. The smallest absolute Gasteiger partial charge is 0.408 e. The summed E-state index contributed by atoms with van der Waals surface area (Å²) >= 11 is 0. The standard InChI is InChI=1S/C27H43N3O7/c1-8-36-23(33)14-15-28-25(34)24(20-10-9-11-21(31)16-20)30(19(4)13-12-18(2)3)22(32)17-29-26(35)37-27(5,6)7/h9-11,16,18-19,24,31H,8,12-15,17H2,1-7H3,(H,28,34)(H,29,35). The summed E-state index contributed by atoms with van der Waals surface area (Å²) < 4.78 is 10.1. The predicted octanol–water partition coefficient (Wildman–Crippen LogP) is 3.68. The van der Waals surface area contributed by atoms with Crippen LogP contribution in [0.25, 0.3) is 0 Å². The molecule has 10 heteroatoms. The minimum atomic E-state index is -1.11. The van der Waals surface area contributed by atoms with Gasteiger partial charge in [-0.3, -0.25) is 14.4 Å². The van der Waals surface area contributed by atoms with E-state index in [9.17, 15) is 24.3 Å². The van der Waals surface area contributed by atoms with E-state index >= 15 is 0 Å². The molecule has 0 fully saturated rings. The number of benzene rings is 1. The third kappa shape index (κ3) is 12.0. The van der Waals surface area contributed by atoms with Gasteiger partial charge in [0.15, 0.2) is 0 Å². The Morgan fingerprint density at radius 2 is 1.73 bits per heavy atom. The molecule has 0 saturated carbocycles. The van der Waals surface area contributed by atoms with Crippen molar-refractivity contribution in [2.45, 2.75) is 85.4 Å². The van der Waals surface area contributed by atoms with E-state index in [4.69, 9.17) is 9.47 Å². The zero-order valence-electron chi connectivity index (χ0n) is 23.1. The van der Waals surface area contributed by atoms with Crippen molar-refractivity contribution >= 4 is 23.9 Å². The maximum atomic E-state index is 13.5. The van der Waals surface area contributed by atoms with Gasteiger partial charge in [0, 0.05) is 12.6 Å². The Kier molecular flexibility index (Phi) is 12.9. The van der Waals surface area contributed by atoms with Crippen LogP contribution in [-0.2, 0) is 23.9 Å². The molecule has 2 atom stereocenters. The number of nitrogens with one attached hydrogen (secondary N) is 2. The van der Waals surface area contributed by atoms with Crippen molar-refractivity contribution in [1.82, 2.24) is 15.5 Å². The first-order valence-electron chi connectivity index (χ1n) is 12.7. The maximum absolute atomic E-state index is 13.5. The lowest BCUT2D eigenvalue weighted by Gasteiger charge is -2.36. The number of alkyl carbamates (subject to hydrolysis) is 1. The second-order valence-electron chi connectivity index (χ2n) is 10.3. The highest BCUT2D eigenvalue weighted by molar-refractivity contribution is 5.91. The summed E-state index contributed by atoms with van der Waals surface area (Å²) in [6, 6.07) is 4.64. The van der Waals surface area contributed by atoms with Crippen molar-refractivity contribution in [3.8, 4) is 5.75 Å². The zero-order valence-corrected chi connectivity index (χ0v) is 23.1. The minimum absolute atomic E-state index is 0.0194. The van der Waals surface area contributed by atoms with Crippen LogP contribution >= 0.6 is 0 Å². The number of ether oxygens (including phenoxy) is 2. The van der Waals surface area contributed by atoms with Crippen molar-refractivity contribution in [3.05, 3.63) is 29.8 Å². The van der Waals surface area contributed by atoms with E-state index in [1.165, 1.54) is 17.0 Å². The molecule has 0 heterocycles. The summed E-state index contributed by atoms with van der Waals surface area (Å²) in [5.41, 5.74) is -0.337. The highest BCUT2D eigenvalue weighted by Crippen LogP contribution is 2.28. The Morgan fingerprint density at radius 1 is 1.05 bits per heavy atom. The molecule has 0 aliphatic carbocycles. The number of rotatable bonds is 13. The Labute approximate surface area is 220 Å². The van der Waals surface area contributed by atoms with Gasteiger partial charge in [0.1, 0.15) is 23.9 Å². The fourth-order valence-corrected chi connectivity index (χ4v) is 3.66. The van der Waals surface area contributed by atoms with Gasteiger partial charge in [-0.1, -0.05) is 26.0 Å². The second kappa shape index (κ2) is 15.1. The molecule has 0 spiro atoms. The van der Waals surface area contributed by atoms with Crippen LogP contribution in [0.1, 0.15) is 79.3 Å². The maximum Gasteiger partial charge on any atom is 0.408 e. The normalized spacial score (nSPS) is 12.9. The molecule has 0 saturated heterocycles. The van der Waals surface area contributed by atoms with Crippen molar-refractivity contribution in [1.29, 1.82) is 0 Å². The Balaban J connectivity index is 3.27. The van der Waals surface area contributed by atoms with E-state index in [1.807, 2.05) is 6.92 Å². The van der Waals surface area contributed by atoms with Crippen molar-refractivity contribution in [2.24, 2.45) is 5.92 Å². The van der Waals surface area contributed by atoms with Crippen LogP contribution in [0.15, 0.2) is 24.3 Å². The largest absolute Gasteiger partial charge is 0.508 e. The first kappa shape index (κ1) is 31.7. The second-order valence-corrected chi connectivity index (χ2v) is 10.3. The van der Waals surface area contributed by atoms with Crippen LogP contribution in [0.4, 0.5) is 4.79 Å². The Bertz CT molecular complexity index is 912. The van der Waals surface area contributed by atoms with Gasteiger partial charge in [0.05, 0.1) is 13.0 Å². The molecule has 0 bridgehead atoms. The number of phenolic OH excluding ortho intramolecular Hbond substituents is 1. The summed E-state index contributed by atoms with van der Waals surface area (Å²) in [6.07, 6.45) is 0.648. The quantitative estimate of drug-likeness (QED) is 0.337. The molecule has 0 aliphatic rings. The van der Waals surface area contributed by atoms with Crippen molar-refractivity contribution < 1.29 is 33.8 Å². The summed E-state index contributed by atoms with van der Waals surface area (Å²) in [4.78, 5) is 52.3. The fraction of sp³-hybridized carbons (Fsp3) is 0.630. The lowest BCUT2D eigenvalue weighted by atomic mass is 9.98. The minimum Gasteiger partial charge on any atom is -0.508 e. The zero-order chi connectivity index (χ0) is 28.2. The number of hydrogen-bond donors (Lipinski definition) is 3. The van der Waals surface area contributed by atoms with Gasteiger partial charge in [-0.15, -0.1) is 0 Å². The number of aromatic hydroxyl groups is 1. The van der Waals surface area contributed by atoms with Gasteiger partial charge in [0.2, 0.25) is 11.8 Å². The highest BCUT2D eigenvalue weighted by atomic mass is 16.6. The van der Waals surface area contributed by atoms with Gasteiger partial charge in [-0.2, -0.15) is 0 Å². The van der Waals surface area contributed by atoms with Crippen molar-refractivity contribution in [2.75, 3.05) is 19.7 Å². The summed E-state index contributed by atoms with van der Waals surface area (Å²) in [5, 5.41) is 15.3. The molecule has 3 amide bonds. The van der Waals surface area contributed by atoms with Crippen molar-refractivity contribution in [3.63, 3.8) is 0 Å². The highest BCUT2D eigenvalue weighted by Gasteiger charge is 2.35. The van der Waals surface area contributed by atoms with Gasteiger partial charge < -0.3 is 30.1 Å². The first-order chi connectivity index (χ1) is 17.2. The number of carbonyl (C=O) groups is 4. The molecule has 0 radical (unpaired) electrons. The number of nitrogens with zero attached hydrogens (tertiary/aromatic N) is 1. The third-order valence-corrected chi connectivity index (χ3v) is 5.35. The van der Waals surface area contributed by atoms with Crippen LogP contribution in [0, 0.1) is 5.92 Å². The Hall–Kier alpha value is -3.30.